The molecule has 1 aromatic heterocycles. The van der Waals surface area contributed by atoms with Gasteiger partial charge >= 0.3 is 0 Å². The highest BCUT2D eigenvalue weighted by Gasteiger charge is 2.19. The van der Waals surface area contributed by atoms with E-state index in [1.54, 1.807) is 18.3 Å². The monoisotopic (exact) mass is 693 g/mol. The van der Waals surface area contributed by atoms with Crippen molar-refractivity contribution >= 4 is 55.4 Å². The van der Waals surface area contributed by atoms with Gasteiger partial charge in [-0.3, -0.25) is 4.79 Å². The van der Waals surface area contributed by atoms with Crippen LogP contribution in [0.3, 0.4) is 0 Å². The minimum Gasteiger partial charge on any atom is -0.494 e. The van der Waals surface area contributed by atoms with Gasteiger partial charge in [-0.1, -0.05) is 80.0 Å². The van der Waals surface area contributed by atoms with Crippen molar-refractivity contribution in [1.82, 2.24) is 9.66 Å². The van der Waals surface area contributed by atoms with Crippen molar-refractivity contribution in [2.24, 2.45) is 5.10 Å². The first kappa shape index (κ1) is 31.5. The second-order valence-corrected chi connectivity index (χ2v) is 12.6. The fraction of sp³-hybridized carbons (Fsp3) is 0.184. The molecule has 0 aliphatic rings. The third kappa shape index (κ3) is 6.30. The molecule has 1 heterocycles. The van der Waals surface area contributed by atoms with Crippen molar-refractivity contribution in [3.8, 4) is 22.9 Å². The molecule has 0 spiro atoms. The van der Waals surface area contributed by atoms with Crippen LogP contribution in [0.1, 0.15) is 48.9 Å². The number of rotatable bonds is 9. The smallest absolute Gasteiger partial charge is 0.282 e. The number of aromatic nitrogens is 2. The summed E-state index contributed by atoms with van der Waals surface area (Å²) >= 11 is 10.4. The van der Waals surface area contributed by atoms with E-state index < -0.39 is 0 Å². The summed E-state index contributed by atoms with van der Waals surface area (Å²) in [6, 6.07) is 29.4. The maximum absolute atomic E-state index is 13.9. The van der Waals surface area contributed by atoms with E-state index in [-0.39, 0.29) is 11.5 Å². The van der Waals surface area contributed by atoms with Crippen molar-refractivity contribution in [2.45, 2.75) is 40.2 Å². The van der Waals surface area contributed by atoms with Crippen LogP contribution in [0.5, 0.6) is 11.5 Å². The molecule has 8 heteroatoms. The molecule has 0 unspecified atom stereocenters. The van der Waals surface area contributed by atoms with E-state index in [2.05, 4.69) is 59.1 Å². The van der Waals surface area contributed by atoms with Crippen LogP contribution in [0.4, 0.5) is 0 Å². The Labute approximate surface area is 281 Å². The topological polar surface area (TPSA) is 65.7 Å². The minimum atomic E-state index is -0.267. The molecule has 0 fully saturated rings. The average Bonchev–Trinajstić information content (AvgIpc) is 3.04. The number of benzene rings is 5. The fourth-order valence-corrected chi connectivity index (χ4v) is 6.55. The molecule has 6 aromatic rings. The van der Waals surface area contributed by atoms with Gasteiger partial charge < -0.3 is 9.47 Å². The van der Waals surface area contributed by atoms with Gasteiger partial charge in [0.2, 0.25) is 0 Å². The summed E-state index contributed by atoms with van der Waals surface area (Å²) in [5.74, 6) is 2.01. The zero-order chi connectivity index (χ0) is 32.4. The van der Waals surface area contributed by atoms with Crippen LogP contribution in [0, 0.1) is 6.92 Å². The molecule has 0 N–H and O–H groups in total. The molecule has 5 aromatic carbocycles. The van der Waals surface area contributed by atoms with Gasteiger partial charge in [0.05, 0.1) is 33.2 Å². The highest BCUT2D eigenvalue weighted by Crippen LogP contribution is 2.36. The second kappa shape index (κ2) is 13.5. The van der Waals surface area contributed by atoms with E-state index in [0.29, 0.717) is 50.7 Å². The lowest BCUT2D eigenvalue weighted by molar-refractivity contribution is 0.306. The lowest BCUT2D eigenvalue weighted by Crippen LogP contribution is -2.21. The number of ether oxygens (including phenoxy) is 2. The maximum atomic E-state index is 13.9. The lowest BCUT2D eigenvalue weighted by Gasteiger charge is -2.18. The third-order valence-corrected chi connectivity index (χ3v) is 8.74. The van der Waals surface area contributed by atoms with E-state index in [4.69, 9.17) is 26.1 Å². The van der Waals surface area contributed by atoms with Gasteiger partial charge in [0.1, 0.15) is 12.4 Å². The molecular formula is C38H33BrClN3O3. The summed E-state index contributed by atoms with van der Waals surface area (Å²) in [6.45, 7) is 9.12. The molecule has 0 amide bonds. The lowest BCUT2D eigenvalue weighted by atomic mass is 9.96. The second-order valence-electron chi connectivity index (χ2n) is 11.3. The number of hydrogen-bond donors (Lipinski definition) is 0. The van der Waals surface area contributed by atoms with Crippen LogP contribution < -0.4 is 15.0 Å². The normalized spacial score (nSPS) is 11.6. The highest BCUT2D eigenvalue weighted by atomic mass is 79.9. The molecule has 232 valence electrons. The van der Waals surface area contributed by atoms with Gasteiger partial charge in [0.15, 0.2) is 11.6 Å². The Kier molecular flexibility index (Phi) is 9.24. The molecule has 0 radical (unpaired) electrons. The van der Waals surface area contributed by atoms with Crippen LogP contribution in [0.25, 0.3) is 33.1 Å². The maximum Gasteiger partial charge on any atom is 0.282 e. The summed E-state index contributed by atoms with van der Waals surface area (Å²) < 4.78 is 14.2. The van der Waals surface area contributed by atoms with Crippen LogP contribution in [0.2, 0.25) is 5.02 Å². The largest absolute Gasteiger partial charge is 0.494 e. The summed E-state index contributed by atoms with van der Waals surface area (Å²) in [5.41, 5.74) is 4.86. The van der Waals surface area contributed by atoms with Gasteiger partial charge in [-0.15, -0.1) is 0 Å². The molecule has 6 nitrogen and oxygen atoms in total. The zero-order valence-corrected chi connectivity index (χ0v) is 28.4. The van der Waals surface area contributed by atoms with Gasteiger partial charge in [-0.05, 0) is 105 Å². The summed E-state index contributed by atoms with van der Waals surface area (Å²) in [6.07, 6.45) is 1.61. The van der Waals surface area contributed by atoms with Gasteiger partial charge in [0, 0.05) is 5.56 Å². The van der Waals surface area contributed by atoms with Crippen LogP contribution >= 0.6 is 27.5 Å². The first-order valence-electron chi connectivity index (χ1n) is 15.2. The zero-order valence-electron chi connectivity index (χ0n) is 26.1. The van der Waals surface area contributed by atoms with Gasteiger partial charge in [-0.25, -0.2) is 4.98 Å². The minimum absolute atomic E-state index is 0.200. The molecule has 0 bridgehead atoms. The first-order chi connectivity index (χ1) is 22.2. The Morgan fingerprint density at radius 1 is 0.957 bits per heavy atom. The van der Waals surface area contributed by atoms with Crippen molar-refractivity contribution in [3.05, 3.63) is 133 Å². The van der Waals surface area contributed by atoms with E-state index >= 15 is 0 Å². The molecule has 0 aliphatic heterocycles. The van der Waals surface area contributed by atoms with Gasteiger partial charge in [-0.2, -0.15) is 9.78 Å². The number of nitrogens with zero attached hydrogens (tertiary/aromatic N) is 3. The summed E-state index contributed by atoms with van der Waals surface area (Å²) in [4.78, 5) is 18.8. The number of para-hydroxylation sites is 1. The third-order valence-electron chi connectivity index (χ3n) is 7.87. The molecule has 0 saturated carbocycles. The number of halogens is 2. The van der Waals surface area contributed by atoms with Crippen molar-refractivity contribution in [2.75, 3.05) is 6.61 Å². The van der Waals surface area contributed by atoms with Crippen LogP contribution in [0.15, 0.2) is 105 Å². The van der Waals surface area contributed by atoms with E-state index in [1.807, 2.05) is 68.4 Å². The first-order valence-corrected chi connectivity index (χ1v) is 16.3. The SMILES string of the molecule is CCOc1cc(C)c(-c2nc3ccccc3c(=O)n2N=Cc2cc(Cl)c(OCc3cccc4ccccc34)c(Br)c2)cc1C(C)C. The quantitative estimate of drug-likeness (QED) is 0.141. The Morgan fingerprint density at radius 2 is 1.70 bits per heavy atom. The molecule has 46 heavy (non-hydrogen) atoms. The van der Waals surface area contributed by atoms with Gasteiger partial charge in [0.25, 0.3) is 5.56 Å². The Bertz CT molecular complexity index is 2150. The molecule has 0 saturated heterocycles. The standard InChI is InChI=1S/C38H33BrClN3O3/c1-5-45-35-17-24(4)31(20-30(35)23(2)3)37-42-34-16-9-8-15-29(34)38(44)43(37)41-21-25-18-32(39)36(33(40)19-25)46-22-27-13-10-12-26-11-6-7-14-28(26)27/h6-21,23H,5,22H2,1-4H3. The van der Waals surface area contributed by atoms with Crippen molar-refractivity contribution in [3.63, 3.8) is 0 Å². The molecular weight excluding hydrogens is 662 g/mol. The predicted molar refractivity (Wildman–Crippen MR) is 192 cm³/mol. The van der Waals surface area contributed by atoms with E-state index in [9.17, 15) is 4.79 Å². The fourth-order valence-electron chi connectivity index (χ4n) is 5.56. The van der Waals surface area contributed by atoms with Crippen molar-refractivity contribution in [1.29, 1.82) is 0 Å². The Balaban J connectivity index is 1.38. The van der Waals surface area contributed by atoms with E-state index in [0.717, 1.165) is 38.8 Å². The van der Waals surface area contributed by atoms with Crippen LogP contribution in [-0.2, 0) is 6.61 Å². The average molecular weight is 695 g/mol. The van der Waals surface area contributed by atoms with Crippen molar-refractivity contribution < 1.29 is 9.47 Å². The summed E-state index contributed by atoms with van der Waals surface area (Å²) in [7, 11) is 0. The molecule has 0 atom stereocenters. The number of hydrogen-bond acceptors (Lipinski definition) is 5. The number of fused-ring (bicyclic) bond motifs is 2. The molecule has 6 rings (SSSR count). The van der Waals surface area contributed by atoms with Crippen LogP contribution in [-0.4, -0.2) is 22.5 Å². The van der Waals surface area contributed by atoms with E-state index in [1.165, 1.54) is 4.68 Å². The highest BCUT2D eigenvalue weighted by molar-refractivity contribution is 9.10. The Hall–Kier alpha value is -4.46. The summed E-state index contributed by atoms with van der Waals surface area (Å²) in [5, 5.41) is 7.87. The predicted octanol–water partition coefficient (Wildman–Crippen LogP) is 9.92. The number of aryl methyl sites for hydroxylation is 1. The Morgan fingerprint density at radius 3 is 2.46 bits per heavy atom. The molecule has 0 aliphatic carbocycles.